The van der Waals surface area contributed by atoms with Crippen molar-refractivity contribution in [3.05, 3.63) is 65.2 Å². The van der Waals surface area contributed by atoms with Gasteiger partial charge in [0.25, 0.3) is 0 Å². The van der Waals surface area contributed by atoms with Crippen LogP contribution in [0.25, 0.3) is 0 Å². The number of benzene rings is 2. The Balaban J connectivity index is 1.23. The molecule has 210 valence electrons. The molecule has 2 saturated carbocycles. The predicted molar refractivity (Wildman–Crippen MR) is 150 cm³/mol. The Morgan fingerprint density at radius 3 is 2.23 bits per heavy atom. The van der Waals surface area contributed by atoms with Crippen LogP contribution in [0.5, 0.6) is 0 Å². The summed E-state index contributed by atoms with van der Waals surface area (Å²) >= 11 is 6.26. The van der Waals surface area contributed by atoms with Crippen molar-refractivity contribution in [3.63, 3.8) is 0 Å². The summed E-state index contributed by atoms with van der Waals surface area (Å²) in [5.74, 6) is -0.188. The van der Waals surface area contributed by atoms with Crippen LogP contribution >= 0.6 is 11.6 Å². The van der Waals surface area contributed by atoms with E-state index in [0.717, 1.165) is 25.9 Å². The molecule has 8 nitrogen and oxygen atoms in total. The molecular weight excluding hydrogens is 548 g/mol. The van der Waals surface area contributed by atoms with Gasteiger partial charge in [-0.25, -0.2) is 8.42 Å². The summed E-state index contributed by atoms with van der Waals surface area (Å²) in [4.78, 5) is 31.5. The van der Waals surface area contributed by atoms with Gasteiger partial charge in [-0.15, -0.1) is 0 Å². The van der Waals surface area contributed by atoms with Crippen LogP contribution < -0.4 is 5.32 Å². The number of piperidine rings is 1. The van der Waals surface area contributed by atoms with Gasteiger partial charge in [0.15, 0.2) is 9.84 Å². The molecule has 40 heavy (non-hydrogen) atoms. The van der Waals surface area contributed by atoms with Gasteiger partial charge in [-0.1, -0.05) is 54.1 Å². The number of halogens is 1. The highest BCUT2D eigenvalue weighted by Crippen LogP contribution is 2.47. The van der Waals surface area contributed by atoms with Gasteiger partial charge in [0.2, 0.25) is 11.8 Å². The van der Waals surface area contributed by atoms with Gasteiger partial charge in [0, 0.05) is 6.54 Å². The lowest BCUT2D eigenvalue weighted by Gasteiger charge is -2.40. The number of rotatable bonds is 7. The second kappa shape index (κ2) is 10.2. The summed E-state index contributed by atoms with van der Waals surface area (Å²) in [6, 6.07) is 17.9. The number of carbonyl (C=O) groups excluding carboxylic acids is 2. The minimum atomic E-state index is -3.91. The first kappa shape index (κ1) is 27.3. The molecule has 10 heteroatoms. The van der Waals surface area contributed by atoms with Crippen LogP contribution in [-0.2, 0) is 19.4 Å². The van der Waals surface area contributed by atoms with Gasteiger partial charge in [-0.05, 0) is 81.6 Å². The molecule has 2 aliphatic carbocycles. The predicted octanol–water partition coefficient (Wildman–Crippen LogP) is 3.67. The number of sulfone groups is 1. The van der Waals surface area contributed by atoms with Gasteiger partial charge in [-0.2, -0.15) is 5.26 Å². The zero-order valence-corrected chi connectivity index (χ0v) is 23.8. The Morgan fingerprint density at radius 1 is 0.975 bits per heavy atom. The molecular formula is C30H33ClN4O4S. The molecule has 0 spiro atoms. The van der Waals surface area contributed by atoms with E-state index in [4.69, 9.17) is 11.6 Å². The topological polar surface area (TPSA) is 111 Å². The molecule has 0 unspecified atom stereocenters. The Kier molecular flexibility index (Phi) is 6.92. The van der Waals surface area contributed by atoms with Crippen molar-refractivity contribution in [1.29, 1.82) is 5.26 Å². The molecule has 0 radical (unpaired) electrons. The van der Waals surface area contributed by atoms with Crippen LogP contribution in [0.1, 0.15) is 56.4 Å². The normalized spacial score (nSPS) is 25.6. The quantitative estimate of drug-likeness (QED) is 0.535. The fourth-order valence-corrected chi connectivity index (χ4v) is 8.69. The lowest BCUT2D eigenvalue weighted by Crippen LogP contribution is -2.57. The Morgan fingerprint density at radius 2 is 1.62 bits per heavy atom. The lowest BCUT2D eigenvalue weighted by atomic mass is 9.88. The molecule has 0 aromatic heterocycles. The maximum absolute atomic E-state index is 14.2. The van der Waals surface area contributed by atoms with Crippen molar-refractivity contribution in [1.82, 2.24) is 15.1 Å². The second-order valence-electron chi connectivity index (χ2n) is 11.7. The number of nitriles is 1. The number of carbonyl (C=O) groups is 2. The number of nitrogens with one attached hydrogen (secondary N) is 1. The number of nitrogens with zero attached hydrogens (tertiary/aromatic N) is 3. The van der Waals surface area contributed by atoms with E-state index in [0.29, 0.717) is 31.6 Å². The molecule has 2 atom stereocenters. The summed E-state index contributed by atoms with van der Waals surface area (Å²) in [6.07, 6.45) is 4.34. The molecule has 2 amide bonds. The fourth-order valence-electron chi connectivity index (χ4n) is 6.48. The summed E-state index contributed by atoms with van der Waals surface area (Å²) in [7, 11) is -3.91. The minimum Gasteiger partial charge on any atom is -0.336 e. The first-order valence-corrected chi connectivity index (χ1v) is 15.9. The summed E-state index contributed by atoms with van der Waals surface area (Å²) in [6.45, 7) is 1.47. The third kappa shape index (κ3) is 4.80. The smallest absolute Gasteiger partial charge is 0.244 e. The first-order chi connectivity index (χ1) is 19.2. The van der Waals surface area contributed by atoms with Crippen molar-refractivity contribution in [2.24, 2.45) is 0 Å². The number of amides is 2. The van der Waals surface area contributed by atoms with Crippen LogP contribution in [0.2, 0.25) is 5.02 Å². The van der Waals surface area contributed by atoms with Gasteiger partial charge < -0.3 is 10.2 Å². The van der Waals surface area contributed by atoms with Gasteiger partial charge in [-0.3, -0.25) is 14.5 Å². The molecule has 2 aromatic carbocycles. The van der Waals surface area contributed by atoms with E-state index < -0.39 is 38.1 Å². The third-order valence-corrected chi connectivity index (χ3v) is 11.9. The Labute approximate surface area is 240 Å². The van der Waals surface area contributed by atoms with E-state index in [9.17, 15) is 23.3 Å². The van der Waals surface area contributed by atoms with Crippen LogP contribution in [0.3, 0.4) is 0 Å². The van der Waals surface area contributed by atoms with Crippen molar-refractivity contribution in [2.75, 3.05) is 19.6 Å². The van der Waals surface area contributed by atoms with Crippen LogP contribution in [0.4, 0.5) is 0 Å². The van der Waals surface area contributed by atoms with Crippen molar-refractivity contribution < 1.29 is 18.0 Å². The molecule has 4 fully saturated rings. The van der Waals surface area contributed by atoms with Crippen molar-refractivity contribution in [3.8, 4) is 6.07 Å². The van der Waals surface area contributed by atoms with E-state index in [-0.39, 0.29) is 28.8 Å². The maximum atomic E-state index is 14.2. The highest BCUT2D eigenvalue weighted by atomic mass is 35.5. The molecule has 0 bridgehead atoms. The minimum absolute atomic E-state index is 0.00920. The summed E-state index contributed by atoms with van der Waals surface area (Å²) in [5.41, 5.74) is -0.300. The molecule has 2 aromatic rings. The van der Waals surface area contributed by atoms with E-state index in [2.05, 4.69) is 40.6 Å². The molecule has 2 saturated heterocycles. The van der Waals surface area contributed by atoms with E-state index in [1.807, 2.05) is 6.07 Å². The molecule has 6 rings (SSSR count). The van der Waals surface area contributed by atoms with Gasteiger partial charge in [0.1, 0.15) is 17.1 Å². The highest BCUT2D eigenvalue weighted by Gasteiger charge is 2.60. The monoisotopic (exact) mass is 580 g/mol. The zero-order chi connectivity index (χ0) is 28.1. The highest BCUT2D eigenvalue weighted by molar-refractivity contribution is 7.92. The number of hydrogen-bond acceptors (Lipinski definition) is 6. The molecule has 1 N–H and O–H groups in total. The van der Waals surface area contributed by atoms with E-state index in [1.165, 1.54) is 22.6 Å². The number of likely N-dealkylation sites (tertiary alicyclic amines) is 2. The van der Waals surface area contributed by atoms with Crippen LogP contribution in [0.15, 0.2) is 59.5 Å². The summed E-state index contributed by atoms with van der Waals surface area (Å²) < 4.78 is 27.3. The first-order valence-electron chi connectivity index (χ1n) is 14.0. The average molecular weight is 581 g/mol. The standard InChI is InChI=1S/C30H33ClN4O4S/c31-24-8-4-5-9-26(24)40(38,39)23-18-25(27(36)33-29(20-32)12-13-29)35(19-23)28(37)30(14-15-30)34-16-10-22(11-17-34)21-6-2-1-3-7-21/h1-9,22-23,25H,10-19H2,(H,33,36)/t23-,25+/m1/s1. The van der Waals surface area contributed by atoms with Crippen LogP contribution in [-0.4, -0.2) is 72.0 Å². The van der Waals surface area contributed by atoms with Crippen LogP contribution in [0, 0.1) is 11.3 Å². The van der Waals surface area contributed by atoms with Gasteiger partial charge in [0.05, 0.1) is 21.2 Å². The number of hydrogen-bond donors (Lipinski definition) is 1. The Bertz CT molecular complexity index is 1460. The van der Waals surface area contributed by atoms with Gasteiger partial charge >= 0.3 is 0 Å². The maximum Gasteiger partial charge on any atom is 0.244 e. The molecule has 2 aliphatic heterocycles. The molecule has 2 heterocycles. The molecule has 4 aliphatic rings. The third-order valence-electron chi connectivity index (χ3n) is 9.23. The van der Waals surface area contributed by atoms with Crippen molar-refractivity contribution >= 4 is 33.3 Å². The summed E-state index contributed by atoms with van der Waals surface area (Å²) in [5, 5.41) is 11.5. The zero-order valence-electron chi connectivity index (χ0n) is 22.3. The van der Waals surface area contributed by atoms with Crippen molar-refractivity contribution in [2.45, 2.75) is 78.1 Å². The lowest BCUT2D eigenvalue weighted by molar-refractivity contribution is -0.144. The largest absolute Gasteiger partial charge is 0.336 e. The second-order valence-corrected chi connectivity index (χ2v) is 14.3. The van der Waals surface area contributed by atoms with E-state index >= 15 is 0 Å². The Hall–Kier alpha value is -2.93. The average Bonchev–Trinajstić information content (AvgIpc) is 3.90. The SMILES string of the molecule is N#CC1(NC(=O)[C@@H]2C[C@@H](S(=O)(=O)c3ccccc3Cl)CN2C(=O)C2(N3CCC(c4ccccc4)CC3)CC2)CC1. The fraction of sp³-hybridized carbons (Fsp3) is 0.500. The van der Waals surface area contributed by atoms with E-state index in [1.54, 1.807) is 12.1 Å².